The first-order valence-corrected chi connectivity index (χ1v) is 5.16. The Labute approximate surface area is 80.9 Å². The Hall–Kier alpha value is -0.740. The van der Waals surface area contributed by atoms with E-state index in [0.717, 1.165) is 35.3 Å². The van der Waals surface area contributed by atoms with Crippen LogP contribution in [-0.4, -0.2) is 16.8 Å². The maximum Gasteiger partial charge on any atom is 0.161 e. The second-order valence-corrected chi connectivity index (χ2v) is 3.94. The van der Waals surface area contributed by atoms with Gasteiger partial charge >= 0.3 is 0 Å². The third-order valence-electron chi connectivity index (χ3n) is 2.35. The van der Waals surface area contributed by atoms with Crippen molar-refractivity contribution >= 4 is 17.8 Å². The van der Waals surface area contributed by atoms with Crippen molar-refractivity contribution in [3.63, 3.8) is 0 Å². The Morgan fingerprint density at radius 3 is 3.31 bits per heavy atom. The zero-order valence-electron chi connectivity index (χ0n) is 7.45. The quantitative estimate of drug-likeness (QED) is 0.679. The Kier molecular flexibility index (Phi) is 2.42. The molecule has 2 rings (SSSR count). The standard InChI is InChI=1S/C9H11NO2S/c1-2-6-3-7-8(5-12-6)10-13-9(7)4-11/h4,6H,2-3,5H2,1H3. The van der Waals surface area contributed by atoms with Crippen LogP contribution in [0.4, 0.5) is 0 Å². The first-order valence-electron chi connectivity index (χ1n) is 4.39. The molecule has 0 fully saturated rings. The maximum atomic E-state index is 10.7. The first-order chi connectivity index (χ1) is 6.35. The second-order valence-electron chi connectivity index (χ2n) is 3.14. The Morgan fingerprint density at radius 2 is 2.62 bits per heavy atom. The predicted octanol–water partition coefficient (Wildman–Crippen LogP) is 1.81. The van der Waals surface area contributed by atoms with Crippen molar-refractivity contribution in [1.82, 2.24) is 4.37 Å². The van der Waals surface area contributed by atoms with E-state index in [1.165, 1.54) is 11.5 Å². The Balaban J connectivity index is 2.30. The summed E-state index contributed by atoms with van der Waals surface area (Å²) in [6.45, 7) is 2.66. The lowest BCUT2D eigenvalue weighted by Crippen LogP contribution is -2.21. The van der Waals surface area contributed by atoms with Crippen molar-refractivity contribution in [3.8, 4) is 0 Å². The van der Waals surface area contributed by atoms with Crippen molar-refractivity contribution < 1.29 is 9.53 Å². The minimum atomic E-state index is 0.266. The molecular formula is C9H11NO2S. The lowest BCUT2D eigenvalue weighted by atomic mass is 10.0. The van der Waals surface area contributed by atoms with Crippen LogP contribution in [0.2, 0.25) is 0 Å². The van der Waals surface area contributed by atoms with E-state index in [4.69, 9.17) is 4.74 Å². The van der Waals surface area contributed by atoms with E-state index in [9.17, 15) is 4.79 Å². The van der Waals surface area contributed by atoms with Gasteiger partial charge in [-0.3, -0.25) is 4.79 Å². The van der Waals surface area contributed by atoms with Crippen molar-refractivity contribution in [2.24, 2.45) is 0 Å². The molecule has 0 bridgehead atoms. The zero-order chi connectivity index (χ0) is 9.26. The largest absolute Gasteiger partial charge is 0.372 e. The molecule has 2 heterocycles. The zero-order valence-corrected chi connectivity index (χ0v) is 8.26. The first kappa shape index (κ1) is 8.84. The van der Waals surface area contributed by atoms with Gasteiger partial charge in [0.2, 0.25) is 0 Å². The van der Waals surface area contributed by atoms with E-state index in [-0.39, 0.29) is 6.10 Å². The van der Waals surface area contributed by atoms with Gasteiger partial charge in [-0.2, -0.15) is 4.37 Å². The summed E-state index contributed by atoms with van der Waals surface area (Å²) in [5.74, 6) is 0. The molecule has 3 nitrogen and oxygen atoms in total. The number of rotatable bonds is 2. The molecule has 0 aromatic carbocycles. The van der Waals surface area contributed by atoms with E-state index in [1.54, 1.807) is 0 Å². The summed E-state index contributed by atoms with van der Waals surface area (Å²) in [6.07, 6.45) is 3.00. The average molecular weight is 197 g/mol. The molecule has 0 aliphatic carbocycles. The van der Waals surface area contributed by atoms with Gasteiger partial charge in [0.05, 0.1) is 23.3 Å². The topological polar surface area (TPSA) is 39.2 Å². The van der Waals surface area contributed by atoms with Gasteiger partial charge in [-0.25, -0.2) is 0 Å². The highest BCUT2D eigenvalue weighted by atomic mass is 32.1. The normalized spacial score (nSPS) is 21.2. The number of aldehydes is 1. The molecule has 70 valence electrons. The summed E-state index contributed by atoms with van der Waals surface area (Å²) in [5, 5.41) is 0. The van der Waals surface area contributed by atoms with Gasteiger partial charge in [-0.15, -0.1) is 0 Å². The third-order valence-corrected chi connectivity index (χ3v) is 3.20. The van der Waals surface area contributed by atoms with E-state index < -0.39 is 0 Å². The molecule has 13 heavy (non-hydrogen) atoms. The number of hydrogen-bond acceptors (Lipinski definition) is 4. The minimum Gasteiger partial charge on any atom is -0.372 e. The van der Waals surface area contributed by atoms with Crippen molar-refractivity contribution in [1.29, 1.82) is 0 Å². The molecule has 0 radical (unpaired) electrons. The van der Waals surface area contributed by atoms with Crippen LogP contribution in [0.3, 0.4) is 0 Å². The van der Waals surface area contributed by atoms with Crippen molar-refractivity contribution in [2.45, 2.75) is 32.5 Å². The van der Waals surface area contributed by atoms with Crippen molar-refractivity contribution in [2.75, 3.05) is 0 Å². The molecule has 0 N–H and O–H groups in total. The summed E-state index contributed by atoms with van der Waals surface area (Å²) in [7, 11) is 0. The van der Waals surface area contributed by atoms with Gasteiger partial charge in [-0.1, -0.05) is 6.92 Å². The smallest absolute Gasteiger partial charge is 0.161 e. The molecule has 1 atom stereocenters. The molecule has 1 aromatic rings. The lowest BCUT2D eigenvalue weighted by Gasteiger charge is -2.20. The molecule has 1 unspecified atom stereocenters. The van der Waals surface area contributed by atoms with Gasteiger partial charge in [0.25, 0.3) is 0 Å². The monoisotopic (exact) mass is 197 g/mol. The summed E-state index contributed by atoms with van der Waals surface area (Å²) in [6, 6.07) is 0. The molecule has 1 aliphatic heterocycles. The van der Waals surface area contributed by atoms with E-state index in [2.05, 4.69) is 11.3 Å². The van der Waals surface area contributed by atoms with Gasteiger partial charge in [0.1, 0.15) is 0 Å². The Morgan fingerprint density at radius 1 is 1.77 bits per heavy atom. The summed E-state index contributed by atoms with van der Waals surface area (Å²) < 4.78 is 9.72. The molecule has 0 spiro atoms. The summed E-state index contributed by atoms with van der Waals surface area (Å²) in [4.78, 5) is 11.4. The molecule has 0 amide bonds. The number of ether oxygens (including phenoxy) is 1. The van der Waals surface area contributed by atoms with Crippen LogP contribution in [0.25, 0.3) is 0 Å². The fourth-order valence-electron chi connectivity index (χ4n) is 1.53. The molecule has 0 saturated carbocycles. The van der Waals surface area contributed by atoms with Crippen LogP contribution in [-0.2, 0) is 17.8 Å². The highest BCUT2D eigenvalue weighted by Gasteiger charge is 2.22. The van der Waals surface area contributed by atoms with E-state index in [1.807, 2.05) is 0 Å². The number of carbonyl (C=O) groups is 1. The number of fused-ring (bicyclic) bond motifs is 1. The van der Waals surface area contributed by atoms with Crippen LogP contribution >= 0.6 is 11.5 Å². The number of nitrogens with zero attached hydrogens (tertiary/aromatic N) is 1. The maximum absolute atomic E-state index is 10.7. The predicted molar refractivity (Wildman–Crippen MR) is 50.1 cm³/mol. The fraction of sp³-hybridized carbons (Fsp3) is 0.556. The average Bonchev–Trinajstić information content (AvgIpc) is 2.59. The lowest BCUT2D eigenvalue weighted by molar-refractivity contribution is 0.0247. The van der Waals surface area contributed by atoms with E-state index >= 15 is 0 Å². The molecule has 1 aliphatic rings. The third kappa shape index (κ3) is 1.51. The SMILES string of the molecule is CCC1Cc2c(nsc2C=O)CO1. The summed E-state index contributed by atoms with van der Waals surface area (Å²) >= 11 is 1.28. The van der Waals surface area contributed by atoms with Crippen LogP contribution in [0.15, 0.2) is 0 Å². The van der Waals surface area contributed by atoms with Gasteiger partial charge in [0, 0.05) is 12.0 Å². The number of hydrogen-bond donors (Lipinski definition) is 0. The number of carbonyl (C=O) groups excluding carboxylic acids is 1. The van der Waals surface area contributed by atoms with Gasteiger partial charge in [0.15, 0.2) is 6.29 Å². The number of aromatic nitrogens is 1. The van der Waals surface area contributed by atoms with E-state index in [0.29, 0.717) is 6.61 Å². The second kappa shape index (κ2) is 3.55. The fourth-order valence-corrected chi connectivity index (χ4v) is 2.25. The molecule has 0 saturated heterocycles. The molecule has 4 heteroatoms. The highest BCUT2D eigenvalue weighted by molar-refractivity contribution is 7.07. The van der Waals surface area contributed by atoms with Crippen LogP contribution in [0.5, 0.6) is 0 Å². The highest BCUT2D eigenvalue weighted by Crippen LogP contribution is 2.26. The van der Waals surface area contributed by atoms with Crippen LogP contribution < -0.4 is 0 Å². The Bertz CT molecular complexity index is 321. The van der Waals surface area contributed by atoms with Crippen molar-refractivity contribution in [3.05, 3.63) is 16.1 Å². The molecule has 1 aromatic heterocycles. The summed E-state index contributed by atoms with van der Waals surface area (Å²) in [5.41, 5.74) is 2.06. The van der Waals surface area contributed by atoms with Gasteiger partial charge < -0.3 is 4.74 Å². The minimum absolute atomic E-state index is 0.266. The molecular weight excluding hydrogens is 186 g/mol. The van der Waals surface area contributed by atoms with Crippen LogP contribution in [0.1, 0.15) is 34.3 Å². The van der Waals surface area contributed by atoms with Crippen LogP contribution in [0, 0.1) is 0 Å². The van der Waals surface area contributed by atoms with Gasteiger partial charge in [-0.05, 0) is 18.0 Å².